The molecule has 0 heterocycles. The van der Waals surface area contributed by atoms with Crippen molar-refractivity contribution in [2.45, 2.75) is 6.92 Å². The van der Waals surface area contributed by atoms with Gasteiger partial charge in [0.1, 0.15) is 6.07 Å². The van der Waals surface area contributed by atoms with Crippen LogP contribution in [0.4, 0.5) is 5.69 Å². The molecule has 0 aliphatic heterocycles. The number of halogens is 2. The highest BCUT2D eigenvalue weighted by Crippen LogP contribution is 2.30. The second-order valence-corrected chi connectivity index (χ2v) is 4.74. The van der Waals surface area contributed by atoms with Gasteiger partial charge < -0.3 is 15.4 Å². The number of carbonyl (C=O) groups is 2. The molecular formula is C14H13Cl2N3O3. The van der Waals surface area contributed by atoms with E-state index in [2.05, 4.69) is 10.6 Å². The minimum Gasteiger partial charge on any atom is -0.462 e. The van der Waals surface area contributed by atoms with Crippen molar-refractivity contribution in [3.05, 3.63) is 39.5 Å². The summed E-state index contributed by atoms with van der Waals surface area (Å²) in [7, 11) is 1.46. The van der Waals surface area contributed by atoms with Gasteiger partial charge in [0, 0.05) is 18.3 Å². The Balaban J connectivity index is 3.13. The van der Waals surface area contributed by atoms with Crippen LogP contribution < -0.4 is 10.6 Å². The minimum atomic E-state index is -0.762. The summed E-state index contributed by atoms with van der Waals surface area (Å²) in [5.41, 5.74) is 0.214. The van der Waals surface area contributed by atoms with Gasteiger partial charge in [0.2, 0.25) is 0 Å². The van der Waals surface area contributed by atoms with Crippen LogP contribution in [-0.2, 0) is 9.53 Å². The average Bonchev–Trinajstić information content (AvgIpc) is 2.50. The normalized spacial score (nSPS) is 10.6. The Bertz CT molecular complexity index is 666. The number of hydrogen-bond donors (Lipinski definition) is 2. The van der Waals surface area contributed by atoms with Crippen molar-refractivity contribution in [3.63, 3.8) is 0 Å². The Labute approximate surface area is 137 Å². The molecule has 6 nitrogen and oxygen atoms in total. The van der Waals surface area contributed by atoms with Crippen molar-refractivity contribution in [2.24, 2.45) is 0 Å². The second kappa shape index (κ2) is 8.27. The smallest absolute Gasteiger partial charge is 0.350 e. The summed E-state index contributed by atoms with van der Waals surface area (Å²) < 4.78 is 4.72. The quantitative estimate of drug-likeness (QED) is 0.488. The van der Waals surface area contributed by atoms with Gasteiger partial charge in [-0.3, -0.25) is 4.79 Å². The number of rotatable bonds is 5. The molecule has 0 aliphatic carbocycles. The van der Waals surface area contributed by atoms with Crippen LogP contribution in [-0.4, -0.2) is 25.5 Å². The van der Waals surface area contributed by atoms with Crippen molar-refractivity contribution < 1.29 is 14.3 Å². The van der Waals surface area contributed by atoms with Crippen LogP contribution >= 0.6 is 23.2 Å². The van der Waals surface area contributed by atoms with Gasteiger partial charge in [-0.15, -0.1) is 0 Å². The predicted octanol–water partition coefficient (Wildman–Crippen LogP) is 2.74. The molecule has 0 fully saturated rings. The van der Waals surface area contributed by atoms with Crippen LogP contribution in [0.5, 0.6) is 0 Å². The summed E-state index contributed by atoms with van der Waals surface area (Å²) in [6, 6.07) is 4.58. The lowest BCUT2D eigenvalue weighted by Crippen LogP contribution is -2.18. The number of hydrogen-bond acceptors (Lipinski definition) is 5. The molecule has 22 heavy (non-hydrogen) atoms. The molecule has 1 rings (SSSR count). The van der Waals surface area contributed by atoms with Crippen LogP contribution in [0.1, 0.15) is 17.3 Å². The SMILES string of the molecule is CCOC(=O)C(C#N)=CNc1cc(Cl)cc(C(=O)NC)c1Cl. The molecule has 0 aliphatic rings. The fourth-order valence-electron chi connectivity index (χ4n) is 1.49. The van der Waals surface area contributed by atoms with E-state index in [4.69, 9.17) is 33.2 Å². The van der Waals surface area contributed by atoms with Crippen molar-refractivity contribution in [3.8, 4) is 6.07 Å². The Morgan fingerprint density at radius 2 is 2.09 bits per heavy atom. The van der Waals surface area contributed by atoms with Gasteiger partial charge in [0.05, 0.1) is 22.9 Å². The van der Waals surface area contributed by atoms with E-state index in [-0.39, 0.29) is 33.5 Å². The Morgan fingerprint density at radius 1 is 1.41 bits per heavy atom. The van der Waals surface area contributed by atoms with E-state index in [0.29, 0.717) is 0 Å². The van der Waals surface area contributed by atoms with Gasteiger partial charge >= 0.3 is 5.97 Å². The van der Waals surface area contributed by atoms with Gasteiger partial charge in [0.25, 0.3) is 5.91 Å². The molecule has 0 saturated heterocycles. The van der Waals surface area contributed by atoms with Gasteiger partial charge in [-0.2, -0.15) is 5.26 Å². The number of amides is 1. The molecule has 1 amide bonds. The summed E-state index contributed by atoms with van der Waals surface area (Å²) in [5.74, 6) is -1.17. The van der Waals surface area contributed by atoms with E-state index in [1.807, 2.05) is 0 Å². The van der Waals surface area contributed by atoms with Gasteiger partial charge in [-0.05, 0) is 19.1 Å². The number of anilines is 1. The van der Waals surface area contributed by atoms with Crippen molar-refractivity contribution in [2.75, 3.05) is 19.0 Å². The highest BCUT2D eigenvalue weighted by atomic mass is 35.5. The third-order valence-corrected chi connectivity index (χ3v) is 3.12. The highest BCUT2D eigenvalue weighted by molar-refractivity contribution is 6.38. The van der Waals surface area contributed by atoms with Gasteiger partial charge in [-0.25, -0.2) is 4.79 Å². The predicted molar refractivity (Wildman–Crippen MR) is 83.8 cm³/mol. The molecule has 8 heteroatoms. The Morgan fingerprint density at radius 3 is 2.64 bits per heavy atom. The van der Waals surface area contributed by atoms with E-state index in [9.17, 15) is 9.59 Å². The van der Waals surface area contributed by atoms with E-state index < -0.39 is 11.9 Å². The average molecular weight is 342 g/mol. The van der Waals surface area contributed by atoms with Crippen LogP contribution in [0.3, 0.4) is 0 Å². The molecule has 1 aromatic carbocycles. The van der Waals surface area contributed by atoms with Gasteiger partial charge in [-0.1, -0.05) is 23.2 Å². The molecular weight excluding hydrogens is 329 g/mol. The van der Waals surface area contributed by atoms with Crippen LogP contribution in [0, 0.1) is 11.3 Å². The largest absolute Gasteiger partial charge is 0.462 e. The van der Waals surface area contributed by atoms with Gasteiger partial charge in [0.15, 0.2) is 5.57 Å². The molecule has 0 atom stereocenters. The first-order valence-corrected chi connectivity index (χ1v) is 6.95. The number of nitrogens with one attached hydrogen (secondary N) is 2. The van der Waals surface area contributed by atoms with Crippen molar-refractivity contribution in [1.82, 2.24) is 5.32 Å². The van der Waals surface area contributed by atoms with Crippen LogP contribution in [0.25, 0.3) is 0 Å². The molecule has 0 spiro atoms. The summed E-state index contributed by atoms with van der Waals surface area (Å²) >= 11 is 12.0. The van der Waals surface area contributed by atoms with Crippen LogP contribution in [0.15, 0.2) is 23.9 Å². The zero-order valence-corrected chi connectivity index (χ0v) is 13.4. The summed E-state index contributed by atoms with van der Waals surface area (Å²) in [6.45, 7) is 1.78. The van der Waals surface area contributed by atoms with Crippen molar-refractivity contribution >= 4 is 40.8 Å². The van der Waals surface area contributed by atoms with E-state index >= 15 is 0 Å². The molecule has 0 saturated carbocycles. The third kappa shape index (κ3) is 4.38. The number of benzene rings is 1. The van der Waals surface area contributed by atoms with Crippen LogP contribution in [0.2, 0.25) is 10.0 Å². The van der Waals surface area contributed by atoms with E-state index in [0.717, 1.165) is 6.20 Å². The Hall–Kier alpha value is -2.23. The zero-order chi connectivity index (χ0) is 16.7. The Kier molecular flexibility index (Phi) is 6.70. The molecule has 1 aromatic rings. The fraction of sp³-hybridized carbons (Fsp3) is 0.214. The lowest BCUT2D eigenvalue weighted by Gasteiger charge is -2.10. The maximum Gasteiger partial charge on any atom is 0.350 e. The minimum absolute atomic E-state index is 0.112. The molecule has 0 bridgehead atoms. The molecule has 2 N–H and O–H groups in total. The summed E-state index contributed by atoms with van der Waals surface area (Å²) in [6.07, 6.45) is 1.14. The molecule has 0 unspecified atom stereocenters. The van der Waals surface area contributed by atoms with E-state index in [1.54, 1.807) is 13.0 Å². The second-order valence-electron chi connectivity index (χ2n) is 3.93. The first-order valence-electron chi connectivity index (χ1n) is 6.19. The monoisotopic (exact) mass is 341 g/mol. The summed E-state index contributed by atoms with van der Waals surface area (Å²) in [4.78, 5) is 23.2. The lowest BCUT2D eigenvalue weighted by atomic mass is 10.2. The maximum atomic E-state index is 11.7. The number of ether oxygens (including phenoxy) is 1. The third-order valence-electron chi connectivity index (χ3n) is 2.50. The standard InChI is InChI=1S/C14H13Cl2N3O3/c1-3-22-14(21)8(6-17)7-19-11-5-9(15)4-10(12(11)16)13(20)18-2/h4-5,7,19H,3H2,1-2H3,(H,18,20). The maximum absolute atomic E-state index is 11.7. The topological polar surface area (TPSA) is 91.2 Å². The first kappa shape index (κ1) is 17.8. The lowest BCUT2D eigenvalue weighted by molar-refractivity contribution is -0.138. The molecule has 0 radical (unpaired) electrons. The molecule has 116 valence electrons. The fourth-order valence-corrected chi connectivity index (χ4v) is 1.96. The zero-order valence-electron chi connectivity index (χ0n) is 11.9. The number of nitrogens with zero attached hydrogens (tertiary/aromatic N) is 1. The number of carbonyl (C=O) groups excluding carboxylic acids is 2. The first-order chi connectivity index (χ1) is 10.4. The number of nitriles is 1. The number of esters is 1. The summed E-state index contributed by atoms with van der Waals surface area (Å²) in [5, 5.41) is 14.4. The highest BCUT2D eigenvalue weighted by Gasteiger charge is 2.15. The van der Waals surface area contributed by atoms with E-state index in [1.165, 1.54) is 19.2 Å². The van der Waals surface area contributed by atoms with Crippen molar-refractivity contribution in [1.29, 1.82) is 5.26 Å². The molecule has 0 aromatic heterocycles.